The van der Waals surface area contributed by atoms with Crippen LogP contribution < -0.4 is 0 Å². The van der Waals surface area contributed by atoms with E-state index in [-0.39, 0.29) is 0 Å². The van der Waals surface area contributed by atoms with E-state index in [1.54, 1.807) is 12.1 Å². The molecule has 1 unspecified atom stereocenters. The minimum atomic E-state index is -0.890. The third kappa shape index (κ3) is 2.67. The third-order valence-electron chi connectivity index (χ3n) is 4.32. The van der Waals surface area contributed by atoms with E-state index in [0.717, 1.165) is 23.3 Å². The maximum atomic E-state index is 11.1. The van der Waals surface area contributed by atoms with Crippen LogP contribution in [0.15, 0.2) is 18.2 Å². The van der Waals surface area contributed by atoms with Crippen LogP contribution in [0.2, 0.25) is 0 Å². The van der Waals surface area contributed by atoms with Gasteiger partial charge in [0.25, 0.3) is 0 Å². The summed E-state index contributed by atoms with van der Waals surface area (Å²) in [4.78, 5) is 15.9. The SMILES string of the molecule is CCCCC(C)n1c(C2CC2)nc2cc(C(=O)O)ccc21. The minimum absolute atomic E-state index is 0.315. The lowest BCUT2D eigenvalue weighted by Gasteiger charge is -2.17. The molecule has 1 saturated carbocycles. The Morgan fingerprint density at radius 3 is 2.86 bits per heavy atom. The van der Waals surface area contributed by atoms with Crippen LogP contribution in [0.1, 0.15) is 74.1 Å². The first-order valence-electron chi connectivity index (χ1n) is 7.87. The molecule has 0 bridgehead atoms. The standard InChI is InChI=1S/C17H22N2O2/c1-3-4-5-11(2)19-15-9-8-13(17(20)21)10-14(15)18-16(19)12-6-7-12/h8-12H,3-7H2,1-2H3,(H,20,21). The number of carboxylic acid groups (broad SMARTS) is 1. The highest BCUT2D eigenvalue weighted by atomic mass is 16.4. The van der Waals surface area contributed by atoms with Crippen LogP contribution in [-0.4, -0.2) is 20.6 Å². The van der Waals surface area contributed by atoms with Gasteiger partial charge in [0.1, 0.15) is 5.82 Å². The molecular weight excluding hydrogens is 264 g/mol. The first-order valence-corrected chi connectivity index (χ1v) is 7.87. The van der Waals surface area contributed by atoms with Crippen LogP contribution in [0, 0.1) is 0 Å². The molecule has 21 heavy (non-hydrogen) atoms. The summed E-state index contributed by atoms with van der Waals surface area (Å²) in [5.41, 5.74) is 2.21. The summed E-state index contributed by atoms with van der Waals surface area (Å²) < 4.78 is 2.34. The number of aromatic carboxylic acids is 1. The second-order valence-electron chi connectivity index (χ2n) is 6.11. The van der Waals surface area contributed by atoms with Crippen molar-refractivity contribution >= 4 is 17.0 Å². The minimum Gasteiger partial charge on any atom is -0.478 e. The quantitative estimate of drug-likeness (QED) is 0.858. The normalized spacial score (nSPS) is 16.3. The van der Waals surface area contributed by atoms with Crippen molar-refractivity contribution in [1.82, 2.24) is 9.55 Å². The van der Waals surface area contributed by atoms with E-state index in [1.807, 2.05) is 6.07 Å². The van der Waals surface area contributed by atoms with Gasteiger partial charge in [-0.25, -0.2) is 9.78 Å². The van der Waals surface area contributed by atoms with Crippen molar-refractivity contribution < 1.29 is 9.90 Å². The van der Waals surface area contributed by atoms with Gasteiger partial charge >= 0.3 is 5.97 Å². The molecule has 1 heterocycles. The molecule has 0 spiro atoms. The van der Waals surface area contributed by atoms with Crippen LogP contribution in [0.25, 0.3) is 11.0 Å². The number of hydrogen-bond acceptors (Lipinski definition) is 2. The van der Waals surface area contributed by atoms with Gasteiger partial charge in [0.05, 0.1) is 16.6 Å². The highest BCUT2D eigenvalue weighted by Crippen LogP contribution is 2.42. The largest absolute Gasteiger partial charge is 0.478 e. The molecule has 1 aromatic heterocycles. The zero-order chi connectivity index (χ0) is 15.0. The van der Waals surface area contributed by atoms with Gasteiger partial charge in [-0.15, -0.1) is 0 Å². The molecular formula is C17H22N2O2. The fourth-order valence-corrected chi connectivity index (χ4v) is 2.97. The van der Waals surface area contributed by atoms with Gasteiger partial charge < -0.3 is 9.67 Å². The Morgan fingerprint density at radius 1 is 1.48 bits per heavy atom. The lowest BCUT2D eigenvalue weighted by atomic mass is 10.1. The first-order chi connectivity index (χ1) is 10.1. The van der Waals surface area contributed by atoms with Crippen LogP contribution in [0.4, 0.5) is 0 Å². The number of aromatic nitrogens is 2. The summed E-state index contributed by atoms with van der Waals surface area (Å²) in [6.45, 7) is 4.45. The summed E-state index contributed by atoms with van der Waals surface area (Å²) in [6, 6.07) is 5.72. The van der Waals surface area contributed by atoms with E-state index in [2.05, 4.69) is 18.4 Å². The van der Waals surface area contributed by atoms with Crippen LogP contribution in [0.5, 0.6) is 0 Å². The lowest BCUT2D eigenvalue weighted by molar-refractivity contribution is 0.0697. The van der Waals surface area contributed by atoms with Gasteiger partial charge in [0, 0.05) is 12.0 Å². The zero-order valence-corrected chi connectivity index (χ0v) is 12.7. The number of benzene rings is 1. The molecule has 1 N–H and O–H groups in total. The fraction of sp³-hybridized carbons (Fsp3) is 0.529. The number of carboxylic acids is 1. The Balaban J connectivity index is 2.07. The van der Waals surface area contributed by atoms with Crippen LogP contribution in [0.3, 0.4) is 0 Å². The Morgan fingerprint density at radius 2 is 2.24 bits per heavy atom. The van der Waals surface area contributed by atoms with Crippen molar-refractivity contribution in [3.63, 3.8) is 0 Å². The fourth-order valence-electron chi connectivity index (χ4n) is 2.97. The second kappa shape index (κ2) is 5.51. The summed E-state index contributed by atoms with van der Waals surface area (Å²) in [7, 11) is 0. The Labute approximate surface area is 124 Å². The summed E-state index contributed by atoms with van der Waals surface area (Å²) >= 11 is 0. The van der Waals surface area contributed by atoms with Crippen molar-refractivity contribution in [3.05, 3.63) is 29.6 Å². The lowest BCUT2D eigenvalue weighted by Crippen LogP contribution is -2.09. The van der Waals surface area contributed by atoms with Gasteiger partial charge in [-0.3, -0.25) is 0 Å². The number of carbonyl (C=O) groups is 1. The van der Waals surface area contributed by atoms with Gasteiger partial charge in [0.15, 0.2) is 0 Å². The maximum absolute atomic E-state index is 11.1. The Bertz CT molecular complexity index is 671. The van der Waals surface area contributed by atoms with E-state index < -0.39 is 5.97 Å². The molecule has 0 radical (unpaired) electrons. The van der Waals surface area contributed by atoms with Gasteiger partial charge in [-0.2, -0.15) is 0 Å². The molecule has 3 rings (SSSR count). The first kappa shape index (κ1) is 14.1. The molecule has 112 valence electrons. The predicted octanol–water partition coefficient (Wildman–Crippen LogP) is 4.36. The molecule has 2 aromatic rings. The highest BCUT2D eigenvalue weighted by molar-refractivity contribution is 5.92. The van der Waals surface area contributed by atoms with Gasteiger partial charge in [-0.05, 0) is 44.4 Å². The number of hydrogen-bond donors (Lipinski definition) is 1. The summed E-state index contributed by atoms with van der Waals surface area (Å²) in [5, 5.41) is 9.13. The van der Waals surface area contributed by atoms with Crippen LogP contribution in [-0.2, 0) is 0 Å². The van der Waals surface area contributed by atoms with E-state index in [0.29, 0.717) is 17.5 Å². The van der Waals surface area contributed by atoms with E-state index in [9.17, 15) is 4.79 Å². The Hall–Kier alpha value is -1.84. The summed E-state index contributed by atoms with van der Waals surface area (Å²) in [5.74, 6) is 0.823. The predicted molar refractivity (Wildman–Crippen MR) is 82.9 cm³/mol. The number of fused-ring (bicyclic) bond motifs is 1. The molecule has 0 amide bonds. The summed E-state index contributed by atoms with van der Waals surface area (Å²) in [6.07, 6.45) is 5.95. The van der Waals surface area contributed by atoms with Gasteiger partial charge in [0.2, 0.25) is 0 Å². The smallest absolute Gasteiger partial charge is 0.335 e. The molecule has 0 aliphatic heterocycles. The zero-order valence-electron chi connectivity index (χ0n) is 12.7. The average Bonchev–Trinajstić information content (AvgIpc) is 3.24. The molecule has 1 fully saturated rings. The number of imidazole rings is 1. The number of unbranched alkanes of at least 4 members (excludes halogenated alkanes) is 1. The third-order valence-corrected chi connectivity index (χ3v) is 4.32. The molecule has 4 nitrogen and oxygen atoms in total. The van der Waals surface area contributed by atoms with Gasteiger partial charge in [-0.1, -0.05) is 19.8 Å². The highest BCUT2D eigenvalue weighted by Gasteiger charge is 2.31. The molecule has 1 aromatic carbocycles. The van der Waals surface area contributed by atoms with Crippen molar-refractivity contribution in [1.29, 1.82) is 0 Å². The molecule has 0 saturated heterocycles. The molecule has 1 aliphatic carbocycles. The van der Waals surface area contributed by atoms with Crippen LogP contribution >= 0.6 is 0 Å². The van der Waals surface area contributed by atoms with Crippen molar-refractivity contribution in [2.75, 3.05) is 0 Å². The average molecular weight is 286 g/mol. The topological polar surface area (TPSA) is 55.1 Å². The van der Waals surface area contributed by atoms with Crippen molar-refractivity contribution in [3.8, 4) is 0 Å². The van der Waals surface area contributed by atoms with E-state index in [4.69, 9.17) is 10.1 Å². The molecule has 1 atom stereocenters. The monoisotopic (exact) mass is 286 g/mol. The molecule has 4 heteroatoms. The number of rotatable bonds is 6. The van der Waals surface area contributed by atoms with E-state index >= 15 is 0 Å². The van der Waals surface area contributed by atoms with E-state index in [1.165, 1.54) is 25.7 Å². The Kier molecular flexibility index (Phi) is 3.70. The second-order valence-corrected chi connectivity index (χ2v) is 6.11. The van der Waals surface area contributed by atoms with Crippen molar-refractivity contribution in [2.24, 2.45) is 0 Å². The maximum Gasteiger partial charge on any atom is 0.335 e. The van der Waals surface area contributed by atoms with Crippen molar-refractivity contribution in [2.45, 2.75) is 57.9 Å². The molecule has 1 aliphatic rings. The number of nitrogens with zero attached hydrogens (tertiary/aromatic N) is 2.